The van der Waals surface area contributed by atoms with Crippen LogP contribution in [0.5, 0.6) is 0 Å². The first-order valence-corrected chi connectivity index (χ1v) is 12.3. The van der Waals surface area contributed by atoms with E-state index < -0.39 is 6.09 Å². The van der Waals surface area contributed by atoms with Crippen molar-refractivity contribution in [2.24, 2.45) is 0 Å². The number of piperazine rings is 1. The number of rotatable bonds is 5. The van der Waals surface area contributed by atoms with Gasteiger partial charge < -0.3 is 15.3 Å². The minimum absolute atomic E-state index is 0.0153. The van der Waals surface area contributed by atoms with Crippen LogP contribution in [0.3, 0.4) is 0 Å². The summed E-state index contributed by atoms with van der Waals surface area (Å²) in [6, 6.07) is 14.6. The van der Waals surface area contributed by atoms with Crippen LogP contribution in [0, 0.1) is 0 Å². The van der Waals surface area contributed by atoms with Crippen LogP contribution in [-0.4, -0.2) is 72.7 Å². The first kappa shape index (κ1) is 24.4. The van der Waals surface area contributed by atoms with Crippen molar-refractivity contribution in [3.63, 3.8) is 0 Å². The van der Waals surface area contributed by atoms with Crippen molar-refractivity contribution >= 4 is 17.7 Å². The Morgan fingerprint density at radius 2 is 1.76 bits per heavy atom. The highest BCUT2D eigenvalue weighted by atomic mass is 16.4. The molecule has 2 aromatic carbocycles. The van der Waals surface area contributed by atoms with E-state index in [9.17, 15) is 14.7 Å². The second-order valence-corrected chi connectivity index (χ2v) is 9.76. The van der Waals surface area contributed by atoms with Gasteiger partial charge in [-0.25, -0.2) is 14.1 Å². The topological polar surface area (TPSA) is 72.9 Å². The highest BCUT2D eigenvalue weighted by Gasteiger charge is 2.47. The van der Waals surface area contributed by atoms with Crippen molar-refractivity contribution in [1.82, 2.24) is 19.6 Å². The smallest absolute Gasteiger partial charge is 0.407 e. The largest absolute Gasteiger partial charge is 0.465 e. The summed E-state index contributed by atoms with van der Waals surface area (Å²) in [5.41, 5.74) is 5.26. The first-order valence-electron chi connectivity index (χ1n) is 12.3. The number of hydrogen-bond donors (Lipinski definition) is 2. The zero-order valence-corrected chi connectivity index (χ0v) is 20.8. The summed E-state index contributed by atoms with van der Waals surface area (Å²) in [6.45, 7) is 11.1. The molecule has 7 heteroatoms. The third-order valence-corrected chi connectivity index (χ3v) is 7.85. The Balaban J connectivity index is 1.69. The van der Waals surface area contributed by atoms with Crippen molar-refractivity contribution < 1.29 is 14.7 Å². The molecule has 2 aromatic rings. The van der Waals surface area contributed by atoms with E-state index in [2.05, 4.69) is 46.6 Å². The Kier molecular flexibility index (Phi) is 7.07. The third-order valence-electron chi connectivity index (χ3n) is 7.85. The van der Waals surface area contributed by atoms with Crippen molar-refractivity contribution in [2.75, 3.05) is 39.8 Å². The zero-order chi connectivity index (χ0) is 24.5. The number of carbonyl (C=O) groups is 2. The van der Waals surface area contributed by atoms with Gasteiger partial charge in [-0.3, -0.25) is 4.90 Å². The second-order valence-electron chi connectivity index (χ2n) is 9.76. The Hall–Kier alpha value is -2.74. The summed E-state index contributed by atoms with van der Waals surface area (Å²) in [5.74, 6) is 0.0654. The van der Waals surface area contributed by atoms with Gasteiger partial charge in [0.2, 0.25) is 0 Å². The van der Waals surface area contributed by atoms with Gasteiger partial charge in [-0.1, -0.05) is 24.3 Å². The fourth-order valence-electron chi connectivity index (χ4n) is 5.52. The van der Waals surface area contributed by atoms with Crippen LogP contribution < -0.4 is 9.80 Å². The maximum absolute atomic E-state index is 12.8. The lowest BCUT2D eigenvalue weighted by atomic mass is 9.86. The normalized spacial score (nSPS) is 24.9. The molecule has 1 unspecified atom stereocenters. The summed E-state index contributed by atoms with van der Waals surface area (Å²) in [6.07, 6.45) is -0.316. The fraction of sp³-hybridized carbons (Fsp3) is 0.481. The molecule has 2 aliphatic heterocycles. The summed E-state index contributed by atoms with van der Waals surface area (Å²) in [7, 11) is 1.95. The Morgan fingerprint density at radius 3 is 2.35 bits per heavy atom. The highest BCUT2D eigenvalue weighted by molar-refractivity contribution is 5.89. The van der Waals surface area contributed by atoms with Crippen molar-refractivity contribution in [2.45, 2.75) is 45.8 Å². The van der Waals surface area contributed by atoms with E-state index in [-0.39, 0.29) is 22.5 Å². The molecule has 0 aromatic heterocycles. The molecule has 2 N–H and O–H groups in total. The molecular weight excluding hydrogens is 428 g/mol. The van der Waals surface area contributed by atoms with Crippen LogP contribution in [0.25, 0.3) is 11.1 Å². The quantitative estimate of drug-likeness (QED) is 0.651. The molecule has 182 valence electrons. The van der Waals surface area contributed by atoms with Gasteiger partial charge in [-0.15, -0.1) is 0 Å². The number of carbonyl (C=O) groups excluding carboxylic acids is 1. The number of nitrogens with one attached hydrogen (secondary N) is 1. The van der Waals surface area contributed by atoms with Crippen LogP contribution in [0.15, 0.2) is 42.5 Å². The monoisotopic (exact) mass is 465 g/mol. The van der Waals surface area contributed by atoms with Crippen LogP contribution >= 0.6 is 0 Å². The van der Waals surface area contributed by atoms with Gasteiger partial charge >= 0.3 is 12.0 Å². The number of hydrogen-bond acceptors (Lipinski definition) is 4. The van der Waals surface area contributed by atoms with Crippen molar-refractivity contribution in [3.8, 4) is 11.1 Å². The molecule has 0 aliphatic carbocycles. The predicted octanol–water partition coefficient (Wildman–Crippen LogP) is 4.08. The molecule has 2 aliphatic rings. The van der Waals surface area contributed by atoms with Gasteiger partial charge in [0.1, 0.15) is 5.69 Å². The molecule has 0 spiro atoms. The molecule has 7 nitrogen and oxygen atoms in total. The molecule has 4 rings (SSSR count). The summed E-state index contributed by atoms with van der Waals surface area (Å²) in [5, 5.41) is 13.3. The van der Waals surface area contributed by atoms with E-state index in [1.54, 1.807) is 6.92 Å². The molecule has 34 heavy (non-hydrogen) atoms. The highest BCUT2D eigenvalue weighted by Crippen LogP contribution is 2.45. The Morgan fingerprint density at radius 1 is 1.12 bits per heavy atom. The average Bonchev–Trinajstić information content (AvgIpc) is 2.83. The number of carboxylic acid groups (broad SMARTS) is 1. The molecular formula is C27H37N4O3+. The van der Waals surface area contributed by atoms with E-state index in [0.717, 1.165) is 55.1 Å². The third kappa shape index (κ3) is 4.48. The van der Waals surface area contributed by atoms with Gasteiger partial charge in [0.15, 0.2) is 0 Å². The molecule has 1 fully saturated rings. The molecule has 0 bridgehead atoms. The summed E-state index contributed by atoms with van der Waals surface area (Å²) in [4.78, 5) is 28.8. The van der Waals surface area contributed by atoms with E-state index in [1.807, 2.05) is 27.0 Å². The molecule has 3 atom stereocenters. The van der Waals surface area contributed by atoms with Gasteiger partial charge in [0, 0.05) is 57.3 Å². The van der Waals surface area contributed by atoms with Gasteiger partial charge in [0.25, 0.3) is 0 Å². The Labute approximate surface area is 202 Å². The standard InChI is InChI=1S/C27H36N4O3/c1-5-30(27(33)34)25-16-19(2)31(4,20(3)32)26-11-10-23(17-24(25)26)22-8-6-21(7-9-22)18-29-14-12-28-13-15-29/h6-11,17,19,25,28H,5,12-16,18H2,1-4H3/p+1/t19-,25?,31+/m0/s1. The predicted molar refractivity (Wildman–Crippen MR) is 136 cm³/mol. The molecule has 0 saturated carbocycles. The van der Waals surface area contributed by atoms with Crippen LogP contribution in [0.1, 0.15) is 44.4 Å². The summed E-state index contributed by atoms with van der Waals surface area (Å²) < 4.78 is 0.187. The maximum Gasteiger partial charge on any atom is 0.407 e. The van der Waals surface area contributed by atoms with Crippen LogP contribution in [0.2, 0.25) is 0 Å². The van der Waals surface area contributed by atoms with E-state index >= 15 is 0 Å². The van der Waals surface area contributed by atoms with Gasteiger partial charge in [-0.2, -0.15) is 0 Å². The van der Waals surface area contributed by atoms with Crippen molar-refractivity contribution in [1.29, 1.82) is 0 Å². The number of amides is 2. The zero-order valence-electron chi connectivity index (χ0n) is 20.8. The van der Waals surface area contributed by atoms with Crippen LogP contribution in [0.4, 0.5) is 10.5 Å². The molecule has 0 radical (unpaired) electrons. The maximum atomic E-state index is 12.8. The minimum Gasteiger partial charge on any atom is -0.465 e. The second kappa shape index (κ2) is 9.86. The van der Waals surface area contributed by atoms with E-state index in [1.165, 1.54) is 10.5 Å². The lowest BCUT2D eigenvalue weighted by molar-refractivity contribution is -0.129. The van der Waals surface area contributed by atoms with E-state index in [0.29, 0.717) is 13.0 Å². The van der Waals surface area contributed by atoms with Gasteiger partial charge in [-0.05, 0) is 42.7 Å². The lowest BCUT2D eigenvalue weighted by Gasteiger charge is -2.45. The number of fused-ring (bicyclic) bond motifs is 1. The SMILES string of the molecule is CCN(C(=O)O)C1C[C@H](C)[N@+](C)(C(C)=O)c2ccc(-c3ccc(CN4CCNCC4)cc3)cc21. The molecule has 2 heterocycles. The first-order chi connectivity index (χ1) is 16.3. The van der Waals surface area contributed by atoms with E-state index in [4.69, 9.17) is 0 Å². The summed E-state index contributed by atoms with van der Waals surface area (Å²) >= 11 is 0. The van der Waals surface area contributed by atoms with Gasteiger partial charge in [0.05, 0.1) is 26.1 Å². The average molecular weight is 466 g/mol. The van der Waals surface area contributed by atoms with Crippen molar-refractivity contribution in [3.05, 3.63) is 53.6 Å². The molecule has 2 amide bonds. The number of quaternary nitrogens is 1. The number of nitrogens with zero attached hydrogens (tertiary/aromatic N) is 3. The Bertz CT molecular complexity index is 1050. The minimum atomic E-state index is -0.924. The van der Waals surface area contributed by atoms with Crippen LogP contribution in [-0.2, 0) is 11.3 Å². The molecule has 1 saturated heterocycles. The lowest BCUT2D eigenvalue weighted by Crippen LogP contribution is -2.60. The number of benzene rings is 2. The fourth-order valence-corrected chi connectivity index (χ4v) is 5.52.